The van der Waals surface area contributed by atoms with E-state index in [0.717, 1.165) is 10.8 Å². The van der Waals surface area contributed by atoms with Crippen LogP contribution in [0.25, 0.3) is 10.8 Å². The van der Waals surface area contributed by atoms with Crippen LogP contribution in [-0.4, -0.2) is 8.76 Å². The fourth-order valence-electron chi connectivity index (χ4n) is 3.57. The zero-order chi connectivity index (χ0) is 14.7. The molecule has 0 radical (unpaired) electrons. The molecule has 112 valence electrons. The Morgan fingerprint density at radius 3 is 2.14 bits per heavy atom. The van der Waals surface area contributed by atoms with Crippen LogP contribution in [0.15, 0.2) is 41.3 Å². The van der Waals surface area contributed by atoms with Crippen molar-refractivity contribution >= 4 is 21.9 Å². The molecule has 0 bridgehead atoms. The van der Waals surface area contributed by atoms with E-state index in [2.05, 4.69) is 12.1 Å². The minimum Gasteiger partial charge on any atom is -0.768 e. The smallest absolute Gasteiger partial charge is 0.768 e. The van der Waals surface area contributed by atoms with Gasteiger partial charge in [0.15, 0.2) is 0 Å². The first-order chi connectivity index (χ1) is 10.3. The maximum Gasteiger partial charge on any atom is 1.00 e. The van der Waals surface area contributed by atoms with Crippen molar-refractivity contribution in [3.8, 4) is 0 Å². The fraction of sp³-hybridized carbons (Fsp3) is 0.444. The van der Waals surface area contributed by atoms with E-state index in [0.29, 0.717) is 10.8 Å². The van der Waals surface area contributed by atoms with E-state index in [4.69, 9.17) is 0 Å². The molecule has 1 saturated carbocycles. The minimum absolute atomic E-state index is 0. The molecular weight excluding hydrogens is 303 g/mol. The van der Waals surface area contributed by atoms with E-state index in [1.54, 1.807) is 6.07 Å². The van der Waals surface area contributed by atoms with Gasteiger partial charge in [0.1, 0.15) is 0 Å². The van der Waals surface area contributed by atoms with Crippen LogP contribution in [0.1, 0.15) is 56.4 Å². The molecule has 1 fully saturated rings. The van der Waals surface area contributed by atoms with Crippen LogP contribution in [0.4, 0.5) is 0 Å². The zero-order valence-corrected chi connectivity index (χ0v) is 16.0. The Kier molecular flexibility index (Phi) is 7.10. The van der Waals surface area contributed by atoms with E-state index in [1.807, 2.05) is 18.2 Å². The Labute approximate surface area is 157 Å². The fourth-order valence-corrected chi connectivity index (χ4v) is 4.12. The number of benzene rings is 2. The minimum atomic E-state index is -2.17. The molecule has 0 N–H and O–H groups in total. The van der Waals surface area contributed by atoms with E-state index in [-0.39, 0.29) is 29.6 Å². The van der Waals surface area contributed by atoms with E-state index in [1.165, 1.54) is 50.5 Å². The summed E-state index contributed by atoms with van der Waals surface area (Å²) in [6.07, 6.45) is 9.05. The third-order valence-corrected chi connectivity index (χ3v) is 5.36. The second-order valence-electron chi connectivity index (χ2n) is 5.98. The van der Waals surface area contributed by atoms with Gasteiger partial charge in [-0.1, -0.05) is 62.4 Å². The molecule has 0 spiro atoms. The number of fused-ring (bicyclic) bond motifs is 1. The van der Waals surface area contributed by atoms with Crippen molar-refractivity contribution in [2.75, 3.05) is 0 Å². The van der Waals surface area contributed by atoms with Gasteiger partial charge in [0.25, 0.3) is 0 Å². The maximum absolute atomic E-state index is 11.4. The largest absolute Gasteiger partial charge is 1.00 e. The van der Waals surface area contributed by atoms with E-state index >= 15 is 0 Å². The molecule has 2 aromatic rings. The SMILES string of the molecule is O=S([O-])c1cccc2c(C3CCCCCCC3)cccc12.[Na+]. The summed E-state index contributed by atoms with van der Waals surface area (Å²) < 4.78 is 22.8. The van der Waals surface area contributed by atoms with Crippen LogP contribution in [0.3, 0.4) is 0 Å². The average Bonchev–Trinajstić information content (AvgIpc) is 2.46. The van der Waals surface area contributed by atoms with Gasteiger partial charge in [0.2, 0.25) is 0 Å². The van der Waals surface area contributed by atoms with Crippen molar-refractivity contribution in [1.82, 2.24) is 0 Å². The van der Waals surface area contributed by atoms with Crippen LogP contribution in [-0.2, 0) is 11.1 Å². The molecule has 0 heterocycles. The maximum atomic E-state index is 11.4. The summed E-state index contributed by atoms with van der Waals surface area (Å²) in [5.41, 5.74) is 1.33. The Morgan fingerprint density at radius 2 is 1.45 bits per heavy atom. The molecular formula is C18H21NaO2S. The van der Waals surface area contributed by atoms with Gasteiger partial charge in [-0.05, 0) is 52.2 Å². The first-order valence-corrected chi connectivity index (χ1v) is 8.96. The summed E-state index contributed by atoms with van der Waals surface area (Å²) in [5.74, 6) is 0.573. The van der Waals surface area contributed by atoms with Crippen molar-refractivity contribution in [2.45, 2.75) is 55.8 Å². The van der Waals surface area contributed by atoms with Gasteiger partial charge < -0.3 is 4.55 Å². The van der Waals surface area contributed by atoms with E-state index < -0.39 is 11.1 Å². The van der Waals surface area contributed by atoms with Gasteiger partial charge >= 0.3 is 29.6 Å². The molecule has 2 aromatic carbocycles. The molecule has 0 aliphatic heterocycles. The van der Waals surface area contributed by atoms with Crippen molar-refractivity contribution in [3.63, 3.8) is 0 Å². The third-order valence-electron chi connectivity index (χ3n) is 4.64. The topological polar surface area (TPSA) is 40.1 Å². The Balaban J connectivity index is 0.00000176. The summed E-state index contributed by atoms with van der Waals surface area (Å²) >= 11 is -2.17. The summed E-state index contributed by atoms with van der Waals surface area (Å²) in [6.45, 7) is 0. The molecule has 1 aliphatic rings. The quantitative estimate of drug-likeness (QED) is 0.625. The molecule has 0 saturated heterocycles. The Bertz CT molecular complexity index is 649. The monoisotopic (exact) mass is 324 g/mol. The average molecular weight is 324 g/mol. The van der Waals surface area contributed by atoms with Gasteiger partial charge in [0, 0.05) is 4.90 Å². The number of hydrogen-bond acceptors (Lipinski definition) is 2. The summed E-state index contributed by atoms with van der Waals surface area (Å²) in [7, 11) is 0. The van der Waals surface area contributed by atoms with Crippen molar-refractivity contribution in [1.29, 1.82) is 0 Å². The summed E-state index contributed by atoms with van der Waals surface area (Å²) in [5, 5.41) is 1.98. The third kappa shape index (κ3) is 4.01. The molecule has 1 aliphatic carbocycles. The first-order valence-electron chi connectivity index (χ1n) is 7.88. The van der Waals surface area contributed by atoms with Gasteiger partial charge in [-0.2, -0.15) is 0 Å². The molecule has 2 nitrogen and oxygen atoms in total. The molecule has 0 amide bonds. The van der Waals surface area contributed by atoms with Crippen molar-refractivity contribution in [3.05, 3.63) is 42.0 Å². The molecule has 0 aromatic heterocycles. The van der Waals surface area contributed by atoms with Crippen LogP contribution in [0.5, 0.6) is 0 Å². The second kappa shape index (κ2) is 8.60. The van der Waals surface area contributed by atoms with E-state index in [9.17, 15) is 8.76 Å². The standard InChI is InChI=1S/C18H22O2S.Na/c19-21(20)18-13-7-11-16-15(10-6-12-17(16)18)14-8-4-2-1-3-5-9-14;/h6-7,10-14H,1-5,8-9H2,(H,19,20);/q;+1/p-1. The van der Waals surface area contributed by atoms with Crippen LogP contribution in [0, 0.1) is 0 Å². The second-order valence-corrected chi connectivity index (χ2v) is 6.88. The van der Waals surface area contributed by atoms with Crippen LogP contribution >= 0.6 is 0 Å². The summed E-state index contributed by atoms with van der Waals surface area (Å²) in [4.78, 5) is 0.417. The Morgan fingerprint density at radius 1 is 0.864 bits per heavy atom. The molecule has 1 unspecified atom stereocenters. The number of rotatable bonds is 2. The molecule has 22 heavy (non-hydrogen) atoms. The summed E-state index contributed by atoms with van der Waals surface area (Å²) in [6, 6.07) is 11.7. The normalized spacial score (nSPS) is 18.2. The van der Waals surface area contributed by atoms with Gasteiger partial charge in [0.05, 0.1) is 0 Å². The molecule has 1 atom stereocenters. The van der Waals surface area contributed by atoms with Gasteiger partial charge in [-0.15, -0.1) is 0 Å². The van der Waals surface area contributed by atoms with Crippen molar-refractivity contribution in [2.24, 2.45) is 0 Å². The predicted molar refractivity (Wildman–Crippen MR) is 86.2 cm³/mol. The first kappa shape index (κ1) is 18.2. The molecule has 3 rings (SSSR count). The predicted octanol–water partition coefficient (Wildman–Crippen LogP) is 1.91. The molecule has 4 heteroatoms. The van der Waals surface area contributed by atoms with Crippen molar-refractivity contribution < 1.29 is 38.3 Å². The van der Waals surface area contributed by atoms with Gasteiger partial charge in [-0.25, -0.2) is 0 Å². The number of hydrogen-bond donors (Lipinski definition) is 0. The Hall–Kier alpha value is -0.190. The van der Waals surface area contributed by atoms with Gasteiger partial charge in [-0.3, -0.25) is 4.21 Å². The van der Waals surface area contributed by atoms with Crippen LogP contribution in [0.2, 0.25) is 0 Å². The zero-order valence-electron chi connectivity index (χ0n) is 13.2. The van der Waals surface area contributed by atoms with Crippen LogP contribution < -0.4 is 29.6 Å².